The Morgan fingerprint density at radius 2 is 1.63 bits per heavy atom. The van der Waals surface area contributed by atoms with Crippen LogP contribution in [0.15, 0.2) is 78.9 Å². The van der Waals surface area contributed by atoms with Gasteiger partial charge in [0.15, 0.2) is 0 Å². The first kappa shape index (κ1) is 18.3. The summed E-state index contributed by atoms with van der Waals surface area (Å²) < 4.78 is 18.8. The van der Waals surface area contributed by atoms with E-state index in [2.05, 4.69) is 5.32 Å². The molecule has 5 heteroatoms. The molecular weight excluding hydrogens is 345 g/mol. The van der Waals surface area contributed by atoms with Crippen LogP contribution in [0, 0.1) is 12.7 Å². The number of hydrogen-bond donors (Lipinski definition) is 1. The van der Waals surface area contributed by atoms with Crippen LogP contribution in [0.2, 0.25) is 0 Å². The summed E-state index contributed by atoms with van der Waals surface area (Å²) in [6, 6.07) is 21.1. The second kappa shape index (κ2) is 8.27. The number of benzene rings is 3. The predicted molar refractivity (Wildman–Crippen MR) is 101 cm³/mol. The van der Waals surface area contributed by atoms with E-state index in [0.717, 1.165) is 11.6 Å². The monoisotopic (exact) mass is 363 g/mol. The summed E-state index contributed by atoms with van der Waals surface area (Å²) in [6.07, 6.45) is -1.16. The molecule has 1 atom stereocenters. The van der Waals surface area contributed by atoms with Gasteiger partial charge in [-0.25, -0.2) is 9.18 Å². The van der Waals surface area contributed by atoms with E-state index in [9.17, 15) is 14.0 Å². The molecule has 27 heavy (non-hydrogen) atoms. The van der Waals surface area contributed by atoms with Gasteiger partial charge in [0.1, 0.15) is 5.82 Å². The van der Waals surface area contributed by atoms with Crippen LogP contribution in [0.5, 0.6) is 0 Å². The molecule has 1 amide bonds. The average molecular weight is 363 g/mol. The zero-order valence-electron chi connectivity index (χ0n) is 14.7. The molecule has 0 aliphatic heterocycles. The summed E-state index contributed by atoms with van der Waals surface area (Å²) in [4.78, 5) is 25.2. The van der Waals surface area contributed by atoms with Crippen LogP contribution >= 0.6 is 0 Å². The Bertz CT molecular complexity index is 939. The number of hydrogen-bond acceptors (Lipinski definition) is 3. The van der Waals surface area contributed by atoms with Gasteiger partial charge in [-0.1, -0.05) is 54.1 Å². The smallest absolute Gasteiger partial charge is 0.339 e. The minimum Gasteiger partial charge on any atom is -0.444 e. The molecule has 1 N–H and O–H groups in total. The van der Waals surface area contributed by atoms with Crippen LogP contribution in [-0.4, -0.2) is 11.9 Å². The SMILES string of the molecule is Cc1ccc(NC(=O)[C@H](OC(=O)c2cccc(F)c2)c2ccccc2)cc1. The Hall–Kier alpha value is -3.47. The molecule has 0 aliphatic rings. The average Bonchev–Trinajstić information content (AvgIpc) is 2.68. The van der Waals surface area contributed by atoms with Crippen LogP contribution in [0.4, 0.5) is 10.1 Å². The molecule has 0 unspecified atom stereocenters. The maximum Gasteiger partial charge on any atom is 0.339 e. The lowest BCUT2D eigenvalue weighted by Gasteiger charge is -2.18. The van der Waals surface area contributed by atoms with E-state index in [0.29, 0.717) is 11.3 Å². The number of anilines is 1. The molecule has 0 aromatic heterocycles. The first-order valence-electron chi connectivity index (χ1n) is 8.42. The summed E-state index contributed by atoms with van der Waals surface area (Å²) in [7, 11) is 0. The third-order valence-corrected chi connectivity index (χ3v) is 3.94. The number of amides is 1. The zero-order chi connectivity index (χ0) is 19.2. The van der Waals surface area contributed by atoms with Crippen molar-refractivity contribution in [3.8, 4) is 0 Å². The number of nitrogens with one attached hydrogen (secondary N) is 1. The van der Waals surface area contributed by atoms with Crippen LogP contribution in [0.1, 0.15) is 27.6 Å². The van der Waals surface area contributed by atoms with Crippen molar-refractivity contribution in [1.82, 2.24) is 0 Å². The van der Waals surface area contributed by atoms with Gasteiger partial charge in [-0.2, -0.15) is 0 Å². The predicted octanol–water partition coefficient (Wildman–Crippen LogP) is 4.67. The second-order valence-electron chi connectivity index (χ2n) is 6.06. The standard InChI is InChI=1S/C22H18FNO3/c1-15-10-12-19(13-11-15)24-21(25)20(16-6-3-2-4-7-16)27-22(26)17-8-5-9-18(23)14-17/h2-14,20H,1H3,(H,24,25)/t20-/m1/s1. The van der Waals surface area contributed by atoms with E-state index in [1.807, 2.05) is 19.1 Å². The van der Waals surface area contributed by atoms with Gasteiger partial charge in [0.25, 0.3) is 5.91 Å². The van der Waals surface area contributed by atoms with Crippen molar-refractivity contribution in [2.24, 2.45) is 0 Å². The molecule has 3 aromatic rings. The summed E-state index contributed by atoms with van der Waals surface area (Å²) in [5.41, 5.74) is 2.21. The highest BCUT2D eigenvalue weighted by atomic mass is 19.1. The summed E-state index contributed by atoms with van der Waals surface area (Å²) >= 11 is 0. The molecule has 3 rings (SSSR count). The van der Waals surface area contributed by atoms with E-state index < -0.39 is 23.8 Å². The van der Waals surface area contributed by atoms with E-state index in [1.54, 1.807) is 42.5 Å². The lowest BCUT2D eigenvalue weighted by atomic mass is 10.1. The highest BCUT2D eigenvalue weighted by Gasteiger charge is 2.26. The topological polar surface area (TPSA) is 55.4 Å². The van der Waals surface area contributed by atoms with Gasteiger partial charge in [0, 0.05) is 11.3 Å². The van der Waals surface area contributed by atoms with Gasteiger partial charge in [-0.15, -0.1) is 0 Å². The lowest BCUT2D eigenvalue weighted by molar-refractivity contribution is -0.125. The fourth-order valence-corrected chi connectivity index (χ4v) is 2.54. The van der Waals surface area contributed by atoms with Crippen LogP contribution < -0.4 is 5.32 Å². The molecule has 0 spiro atoms. The van der Waals surface area contributed by atoms with E-state index in [4.69, 9.17) is 4.74 Å². The number of carbonyl (C=O) groups is 2. The molecule has 0 aliphatic carbocycles. The Morgan fingerprint density at radius 3 is 2.30 bits per heavy atom. The Labute approximate surface area is 156 Å². The summed E-state index contributed by atoms with van der Waals surface area (Å²) in [5, 5.41) is 2.75. The maximum atomic E-state index is 13.4. The number of carbonyl (C=O) groups excluding carboxylic acids is 2. The van der Waals surface area contributed by atoms with Crippen LogP contribution in [0.3, 0.4) is 0 Å². The molecule has 3 aromatic carbocycles. The third kappa shape index (κ3) is 4.79. The molecule has 4 nitrogen and oxygen atoms in total. The van der Waals surface area contributed by atoms with Crippen LogP contribution in [-0.2, 0) is 9.53 Å². The molecule has 0 saturated carbocycles. The highest BCUT2D eigenvalue weighted by molar-refractivity contribution is 5.98. The number of esters is 1. The fourth-order valence-electron chi connectivity index (χ4n) is 2.54. The first-order valence-corrected chi connectivity index (χ1v) is 8.42. The molecule has 0 saturated heterocycles. The number of rotatable bonds is 5. The van der Waals surface area contributed by atoms with E-state index in [1.165, 1.54) is 18.2 Å². The van der Waals surface area contributed by atoms with Crippen molar-refractivity contribution < 1.29 is 18.7 Å². The maximum absolute atomic E-state index is 13.4. The van der Waals surface area contributed by atoms with Crippen molar-refractivity contribution in [2.45, 2.75) is 13.0 Å². The minimum atomic E-state index is -1.16. The normalized spacial score (nSPS) is 11.5. The number of aryl methyl sites for hydroxylation is 1. The van der Waals surface area contributed by atoms with Crippen molar-refractivity contribution in [1.29, 1.82) is 0 Å². The highest BCUT2D eigenvalue weighted by Crippen LogP contribution is 2.22. The van der Waals surface area contributed by atoms with Gasteiger partial charge >= 0.3 is 5.97 Å². The van der Waals surface area contributed by atoms with Gasteiger partial charge in [0.05, 0.1) is 5.56 Å². The zero-order valence-corrected chi connectivity index (χ0v) is 14.7. The Kier molecular flexibility index (Phi) is 5.61. The van der Waals surface area contributed by atoms with E-state index >= 15 is 0 Å². The van der Waals surface area contributed by atoms with E-state index in [-0.39, 0.29) is 5.56 Å². The van der Waals surface area contributed by atoms with Crippen molar-refractivity contribution >= 4 is 17.6 Å². The number of halogens is 1. The summed E-state index contributed by atoms with van der Waals surface area (Å²) in [5.74, 6) is -1.82. The first-order chi connectivity index (χ1) is 13.0. The van der Waals surface area contributed by atoms with Crippen molar-refractivity contribution in [3.63, 3.8) is 0 Å². The van der Waals surface area contributed by atoms with Gasteiger partial charge in [0.2, 0.25) is 6.10 Å². The largest absolute Gasteiger partial charge is 0.444 e. The number of ether oxygens (including phenoxy) is 1. The fraction of sp³-hybridized carbons (Fsp3) is 0.0909. The van der Waals surface area contributed by atoms with Crippen molar-refractivity contribution in [2.75, 3.05) is 5.32 Å². The quantitative estimate of drug-likeness (QED) is 0.670. The van der Waals surface area contributed by atoms with Gasteiger partial charge < -0.3 is 10.1 Å². The Morgan fingerprint density at radius 1 is 0.926 bits per heavy atom. The molecule has 0 fully saturated rings. The third-order valence-electron chi connectivity index (χ3n) is 3.94. The Balaban J connectivity index is 1.83. The van der Waals surface area contributed by atoms with Crippen LogP contribution in [0.25, 0.3) is 0 Å². The lowest BCUT2D eigenvalue weighted by Crippen LogP contribution is -2.26. The molecule has 0 heterocycles. The second-order valence-corrected chi connectivity index (χ2v) is 6.06. The molecular formula is C22H18FNO3. The summed E-state index contributed by atoms with van der Waals surface area (Å²) in [6.45, 7) is 1.94. The molecule has 136 valence electrons. The minimum absolute atomic E-state index is 0.0408. The molecule has 0 bridgehead atoms. The van der Waals surface area contributed by atoms with Crippen molar-refractivity contribution in [3.05, 3.63) is 101 Å². The van der Waals surface area contributed by atoms with Gasteiger partial charge in [-0.05, 0) is 37.3 Å². The molecule has 0 radical (unpaired) electrons. The van der Waals surface area contributed by atoms with Gasteiger partial charge in [-0.3, -0.25) is 4.79 Å².